The highest BCUT2D eigenvalue weighted by molar-refractivity contribution is 7.89. The first-order valence-electron chi connectivity index (χ1n) is 9.55. The molecule has 0 unspecified atom stereocenters. The van der Waals surface area contributed by atoms with Crippen LogP contribution < -0.4 is 5.32 Å². The van der Waals surface area contributed by atoms with Crippen molar-refractivity contribution in [3.63, 3.8) is 0 Å². The molecule has 2 heterocycles. The molecule has 1 aliphatic rings. The first-order chi connectivity index (χ1) is 13.9. The van der Waals surface area contributed by atoms with E-state index in [0.717, 1.165) is 17.4 Å². The molecule has 1 saturated heterocycles. The molecule has 158 valence electrons. The zero-order chi connectivity index (χ0) is 21.0. The van der Waals surface area contributed by atoms with Crippen molar-refractivity contribution < 1.29 is 22.7 Å². The second-order valence-corrected chi connectivity index (χ2v) is 8.74. The first-order valence-corrected chi connectivity index (χ1v) is 11.0. The summed E-state index contributed by atoms with van der Waals surface area (Å²) in [7, 11) is -2.41. The number of aryl methyl sites for hydroxylation is 1. The number of nitrogens with one attached hydrogen (secondary N) is 1. The van der Waals surface area contributed by atoms with E-state index in [1.165, 1.54) is 16.3 Å². The van der Waals surface area contributed by atoms with Gasteiger partial charge in [0.15, 0.2) is 0 Å². The molecule has 1 aromatic carbocycles. The van der Waals surface area contributed by atoms with Crippen LogP contribution in [0.5, 0.6) is 0 Å². The molecule has 1 aliphatic heterocycles. The lowest BCUT2D eigenvalue weighted by molar-refractivity contribution is -0.139. The fourth-order valence-corrected chi connectivity index (χ4v) is 4.94. The lowest BCUT2D eigenvalue weighted by Crippen LogP contribution is -2.44. The van der Waals surface area contributed by atoms with Gasteiger partial charge in [-0.25, -0.2) is 13.2 Å². The van der Waals surface area contributed by atoms with Crippen LogP contribution in [0.1, 0.15) is 13.3 Å². The quantitative estimate of drug-likeness (QED) is 0.731. The molecule has 0 radical (unpaired) electrons. The minimum absolute atomic E-state index is 0.196. The zero-order valence-corrected chi connectivity index (χ0v) is 17.4. The van der Waals surface area contributed by atoms with E-state index in [9.17, 15) is 18.0 Å². The van der Waals surface area contributed by atoms with Gasteiger partial charge in [-0.1, -0.05) is 0 Å². The van der Waals surface area contributed by atoms with Gasteiger partial charge < -0.3 is 19.5 Å². The first kappa shape index (κ1) is 21.1. The summed E-state index contributed by atoms with van der Waals surface area (Å²) in [5.41, 5.74) is 0.996. The largest absolute Gasteiger partial charge is 0.468 e. The number of amides is 2. The van der Waals surface area contributed by atoms with Gasteiger partial charge in [-0.3, -0.25) is 4.79 Å². The van der Waals surface area contributed by atoms with Crippen LogP contribution >= 0.6 is 0 Å². The molecule has 0 saturated carbocycles. The molecule has 1 N–H and O–H groups in total. The van der Waals surface area contributed by atoms with E-state index in [2.05, 4.69) is 14.6 Å². The highest BCUT2D eigenvalue weighted by Gasteiger charge is 2.28. The number of aromatic nitrogens is 1. The van der Waals surface area contributed by atoms with Crippen LogP contribution in [0.4, 0.5) is 4.79 Å². The van der Waals surface area contributed by atoms with Gasteiger partial charge in [0.05, 0.1) is 12.0 Å². The van der Waals surface area contributed by atoms with E-state index < -0.39 is 22.0 Å². The van der Waals surface area contributed by atoms with Crippen molar-refractivity contribution in [2.45, 2.75) is 24.8 Å². The van der Waals surface area contributed by atoms with E-state index in [0.29, 0.717) is 19.5 Å². The Morgan fingerprint density at radius 3 is 2.66 bits per heavy atom. The van der Waals surface area contributed by atoms with Crippen LogP contribution in [0.25, 0.3) is 10.9 Å². The van der Waals surface area contributed by atoms with Gasteiger partial charge in [0.25, 0.3) is 0 Å². The van der Waals surface area contributed by atoms with E-state index in [4.69, 9.17) is 0 Å². The van der Waals surface area contributed by atoms with Crippen molar-refractivity contribution >= 4 is 32.9 Å². The molecule has 9 nitrogen and oxygen atoms in total. The number of hydrogen-bond acceptors (Lipinski definition) is 5. The second-order valence-electron chi connectivity index (χ2n) is 6.80. The third-order valence-electron chi connectivity index (χ3n) is 5.07. The molecule has 0 bridgehead atoms. The number of urea groups is 1. The number of benzene rings is 1. The Morgan fingerprint density at radius 1 is 1.14 bits per heavy atom. The van der Waals surface area contributed by atoms with Gasteiger partial charge in [-0.2, -0.15) is 4.31 Å². The van der Waals surface area contributed by atoms with Gasteiger partial charge in [0.1, 0.15) is 6.54 Å². The number of carbonyl (C=O) groups excluding carboxylic acids is 2. The summed E-state index contributed by atoms with van der Waals surface area (Å²) in [6.45, 7) is 3.83. The van der Waals surface area contributed by atoms with Gasteiger partial charge in [-0.05, 0) is 37.6 Å². The van der Waals surface area contributed by atoms with E-state index in [1.807, 2.05) is 25.3 Å². The number of ether oxygens (including phenoxy) is 1. The molecule has 0 atom stereocenters. The average molecular weight is 423 g/mol. The fourth-order valence-electron chi connectivity index (χ4n) is 3.43. The third kappa shape index (κ3) is 4.54. The number of hydrogen-bond donors (Lipinski definition) is 1. The number of sulfonamides is 1. The Morgan fingerprint density at radius 2 is 1.93 bits per heavy atom. The molecular weight excluding hydrogens is 396 g/mol. The van der Waals surface area contributed by atoms with Crippen molar-refractivity contribution in [3.05, 3.63) is 30.5 Å². The fraction of sp³-hybridized carbons (Fsp3) is 0.474. The Bertz CT molecular complexity index is 1000. The average Bonchev–Trinajstić information content (AvgIpc) is 2.96. The number of methoxy groups -OCH3 is 1. The summed E-state index contributed by atoms with van der Waals surface area (Å²) < 4.78 is 34.2. The van der Waals surface area contributed by atoms with E-state index >= 15 is 0 Å². The summed E-state index contributed by atoms with van der Waals surface area (Å²) in [5.74, 6) is -0.537. The lowest BCUT2D eigenvalue weighted by Gasteiger charge is -2.22. The van der Waals surface area contributed by atoms with Crippen molar-refractivity contribution in [1.29, 1.82) is 0 Å². The van der Waals surface area contributed by atoms with Gasteiger partial charge >= 0.3 is 12.0 Å². The molecular formula is C19H26N4O5S. The monoisotopic (exact) mass is 422 g/mol. The highest BCUT2D eigenvalue weighted by atomic mass is 32.2. The number of nitrogens with zero attached hydrogens (tertiary/aromatic N) is 3. The SMILES string of the molecule is CCn1ccc2cc(S(=O)(=O)N3CCCN(C(=O)NCC(=O)OC)CC3)ccc21. The third-order valence-corrected chi connectivity index (χ3v) is 6.97. The van der Waals surface area contributed by atoms with Crippen LogP contribution in [0, 0.1) is 0 Å². The minimum atomic E-state index is -3.66. The van der Waals surface area contributed by atoms with Crippen molar-refractivity contribution in [1.82, 2.24) is 19.1 Å². The van der Waals surface area contributed by atoms with Crippen molar-refractivity contribution in [2.24, 2.45) is 0 Å². The number of carbonyl (C=O) groups is 2. The predicted molar refractivity (Wildman–Crippen MR) is 108 cm³/mol. The summed E-state index contributed by atoms with van der Waals surface area (Å²) in [5, 5.41) is 3.37. The summed E-state index contributed by atoms with van der Waals surface area (Å²) >= 11 is 0. The topological polar surface area (TPSA) is 101 Å². The number of rotatable bonds is 5. The van der Waals surface area contributed by atoms with Crippen LogP contribution in [-0.4, -0.2) is 74.0 Å². The maximum Gasteiger partial charge on any atom is 0.325 e. The summed E-state index contributed by atoms with van der Waals surface area (Å²) in [6, 6.07) is 6.67. The highest BCUT2D eigenvalue weighted by Crippen LogP contribution is 2.24. The minimum Gasteiger partial charge on any atom is -0.468 e. The standard InChI is InChI=1S/C19H26N4O5S/c1-3-21-10-7-15-13-16(5-6-17(15)21)29(26,27)23-9-4-8-22(11-12-23)19(25)20-14-18(24)28-2/h5-7,10,13H,3-4,8-9,11-12,14H2,1-2H3,(H,20,25). The molecule has 1 aromatic heterocycles. The van der Waals surface area contributed by atoms with Crippen LogP contribution in [0.15, 0.2) is 35.4 Å². The molecule has 2 amide bonds. The normalized spacial score (nSPS) is 15.9. The Kier molecular flexibility index (Phi) is 6.43. The second kappa shape index (κ2) is 8.83. The lowest BCUT2D eigenvalue weighted by atomic mass is 10.2. The zero-order valence-electron chi connectivity index (χ0n) is 16.6. The number of fused-ring (bicyclic) bond motifs is 1. The Balaban J connectivity index is 1.70. The summed E-state index contributed by atoms with van der Waals surface area (Å²) in [4.78, 5) is 25.2. The molecule has 3 rings (SSSR count). The van der Waals surface area contributed by atoms with Gasteiger partial charge in [0.2, 0.25) is 10.0 Å². The van der Waals surface area contributed by atoms with Crippen LogP contribution in [0.3, 0.4) is 0 Å². The smallest absolute Gasteiger partial charge is 0.325 e. The van der Waals surface area contributed by atoms with Gasteiger partial charge in [-0.15, -0.1) is 0 Å². The molecule has 10 heteroatoms. The van der Waals surface area contributed by atoms with Crippen molar-refractivity contribution in [3.8, 4) is 0 Å². The molecule has 0 spiro atoms. The Labute approximate surface area is 170 Å². The Hall–Kier alpha value is -2.59. The van der Waals surface area contributed by atoms with E-state index in [1.54, 1.807) is 12.1 Å². The van der Waals surface area contributed by atoms with Crippen LogP contribution in [0.2, 0.25) is 0 Å². The molecule has 29 heavy (non-hydrogen) atoms. The maximum absolute atomic E-state index is 13.1. The van der Waals surface area contributed by atoms with Crippen molar-refractivity contribution in [2.75, 3.05) is 39.8 Å². The number of esters is 1. The molecule has 1 fully saturated rings. The predicted octanol–water partition coefficient (Wildman–Crippen LogP) is 1.24. The molecule has 0 aliphatic carbocycles. The van der Waals surface area contributed by atoms with Gasteiger partial charge in [0, 0.05) is 49.8 Å². The van der Waals surface area contributed by atoms with E-state index in [-0.39, 0.29) is 24.5 Å². The molecule has 2 aromatic rings. The van der Waals surface area contributed by atoms with Crippen LogP contribution in [-0.2, 0) is 26.1 Å². The maximum atomic E-state index is 13.1. The summed E-state index contributed by atoms with van der Waals surface area (Å²) in [6.07, 6.45) is 2.46.